The Bertz CT molecular complexity index is 1030. The lowest BCUT2D eigenvalue weighted by atomic mass is 9.90. The summed E-state index contributed by atoms with van der Waals surface area (Å²) < 4.78 is 40.4. The van der Waals surface area contributed by atoms with Crippen LogP contribution < -0.4 is 16.6 Å². The first-order chi connectivity index (χ1) is 14.6. The standard InChI is InChI=1S/C22H28F3N5O/c1-27-20-18(11-17(21(31)30(20)3)15-7-5-9-29(2)13-15)19(26)28-12-14-6-4-8-16(10-14)22(23,24)25/h4,6,8,10-11,15,27H,5,7,9,12-13H2,1-3H3,(H2,26,28). The van der Waals surface area contributed by atoms with Crippen molar-refractivity contribution in [1.29, 1.82) is 0 Å². The van der Waals surface area contributed by atoms with E-state index in [1.807, 2.05) is 7.05 Å². The van der Waals surface area contributed by atoms with E-state index in [2.05, 4.69) is 15.2 Å². The number of rotatable bonds is 5. The Labute approximate surface area is 179 Å². The predicted octanol–water partition coefficient (Wildman–Crippen LogP) is 3.16. The van der Waals surface area contributed by atoms with Gasteiger partial charge < -0.3 is 16.0 Å². The molecule has 1 aromatic heterocycles. The number of nitrogens with one attached hydrogen (secondary N) is 1. The minimum Gasteiger partial charge on any atom is -0.383 e. The molecule has 3 N–H and O–H groups in total. The first kappa shape index (κ1) is 22.9. The molecule has 31 heavy (non-hydrogen) atoms. The van der Waals surface area contributed by atoms with Crippen molar-refractivity contribution in [1.82, 2.24) is 9.47 Å². The Balaban J connectivity index is 1.96. The molecule has 0 radical (unpaired) electrons. The lowest BCUT2D eigenvalue weighted by Gasteiger charge is -2.30. The average Bonchev–Trinajstić information content (AvgIpc) is 2.73. The largest absolute Gasteiger partial charge is 0.416 e. The summed E-state index contributed by atoms with van der Waals surface area (Å²) in [6.07, 6.45) is -2.49. The van der Waals surface area contributed by atoms with Crippen molar-refractivity contribution >= 4 is 11.7 Å². The van der Waals surface area contributed by atoms with Gasteiger partial charge in [0, 0.05) is 32.1 Å². The van der Waals surface area contributed by atoms with Crippen LogP contribution in [0.2, 0.25) is 0 Å². The van der Waals surface area contributed by atoms with E-state index >= 15 is 0 Å². The fourth-order valence-corrected chi connectivity index (χ4v) is 4.08. The van der Waals surface area contributed by atoms with Crippen molar-refractivity contribution in [2.45, 2.75) is 31.5 Å². The summed E-state index contributed by atoms with van der Waals surface area (Å²) in [6.45, 7) is 1.79. The van der Waals surface area contributed by atoms with Crippen molar-refractivity contribution in [3.63, 3.8) is 0 Å². The van der Waals surface area contributed by atoms with Gasteiger partial charge in [0.05, 0.1) is 17.7 Å². The molecule has 0 spiro atoms. The highest BCUT2D eigenvalue weighted by atomic mass is 19.4. The Morgan fingerprint density at radius 1 is 1.29 bits per heavy atom. The summed E-state index contributed by atoms with van der Waals surface area (Å²) in [5, 5.41) is 2.99. The molecule has 1 atom stereocenters. The number of aromatic nitrogens is 1. The number of alkyl halides is 3. The molecule has 0 amide bonds. The molecule has 1 aliphatic rings. The molecule has 1 fully saturated rings. The van der Waals surface area contributed by atoms with Gasteiger partial charge in [-0.25, -0.2) is 0 Å². The van der Waals surface area contributed by atoms with E-state index in [9.17, 15) is 18.0 Å². The SMILES string of the molecule is CNc1c(C(N)=NCc2cccc(C(F)(F)F)c2)cc(C2CCCN(C)C2)c(=O)n1C. The molecule has 6 nitrogen and oxygen atoms in total. The number of nitrogens with zero attached hydrogens (tertiary/aromatic N) is 3. The number of benzene rings is 1. The molecule has 1 unspecified atom stereocenters. The van der Waals surface area contributed by atoms with Gasteiger partial charge in [-0.3, -0.25) is 14.4 Å². The van der Waals surface area contributed by atoms with Crippen LogP contribution in [0.25, 0.3) is 0 Å². The molecule has 9 heteroatoms. The molecule has 3 rings (SSSR count). The van der Waals surface area contributed by atoms with Crippen molar-refractivity contribution in [2.75, 3.05) is 32.5 Å². The van der Waals surface area contributed by atoms with Gasteiger partial charge in [0.1, 0.15) is 11.7 Å². The third-order valence-electron chi connectivity index (χ3n) is 5.71. The van der Waals surface area contributed by atoms with Gasteiger partial charge in [-0.15, -0.1) is 0 Å². The molecule has 1 saturated heterocycles. The van der Waals surface area contributed by atoms with Gasteiger partial charge in [-0.1, -0.05) is 12.1 Å². The molecule has 0 saturated carbocycles. The van der Waals surface area contributed by atoms with E-state index in [0.29, 0.717) is 22.5 Å². The van der Waals surface area contributed by atoms with Crippen LogP contribution in [0.3, 0.4) is 0 Å². The maximum atomic E-state index is 13.0. The highest BCUT2D eigenvalue weighted by Crippen LogP contribution is 2.30. The number of likely N-dealkylation sites (tertiary alicyclic amines) is 1. The minimum absolute atomic E-state index is 0.00322. The van der Waals surface area contributed by atoms with Crippen molar-refractivity contribution in [2.24, 2.45) is 17.8 Å². The van der Waals surface area contributed by atoms with Crippen LogP contribution in [0.5, 0.6) is 0 Å². The first-order valence-electron chi connectivity index (χ1n) is 10.2. The first-order valence-corrected chi connectivity index (χ1v) is 10.2. The number of anilines is 1. The minimum atomic E-state index is -4.41. The summed E-state index contributed by atoms with van der Waals surface area (Å²) in [5.74, 6) is 0.782. The van der Waals surface area contributed by atoms with Crippen molar-refractivity contribution in [3.8, 4) is 0 Å². The predicted molar refractivity (Wildman–Crippen MR) is 117 cm³/mol. The van der Waals surface area contributed by atoms with Crippen LogP contribution in [0.4, 0.5) is 19.0 Å². The lowest BCUT2D eigenvalue weighted by Crippen LogP contribution is -2.36. The Morgan fingerprint density at radius 2 is 2.03 bits per heavy atom. The van der Waals surface area contributed by atoms with Gasteiger partial charge in [-0.2, -0.15) is 13.2 Å². The average molecular weight is 435 g/mol. The zero-order chi connectivity index (χ0) is 22.8. The maximum Gasteiger partial charge on any atom is 0.416 e. The van der Waals surface area contributed by atoms with Crippen molar-refractivity contribution in [3.05, 3.63) is 62.9 Å². The maximum absolute atomic E-state index is 13.0. The van der Waals surface area contributed by atoms with Crippen LogP contribution in [0.1, 0.15) is 41.0 Å². The number of hydrogen-bond donors (Lipinski definition) is 2. The number of nitrogens with two attached hydrogens (primary N) is 1. The number of piperidine rings is 1. The van der Waals surface area contributed by atoms with E-state index < -0.39 is 11.7 Å². The van der Waals surface area contributed by atoms with E-state index in [1.165, 1.54) is 10.6 Å². The molecule has 2 heterocycles. The van der Waals surface area contributed by atoms with Crippen molar-refractivity contribution < 1.29 is 13.2 Å². The third kappa shape index (κ3) is 5.10. The summed E-state index contributed by atoms with van der Waals surface area (Å²) >= 11 is 0. The monoisotopic (exact) mass is 435 g/mol. The Morgan fingerprint density at radius 3 is 2.68 bits per heavy atom. The summed E-state index contributed by atoms with van der Waals surface area (Å²) in [6, 6.07) is 6.81. The van der Waals surface area contributed by atoms with E-state index in [-0.39, 0.29) is 23.9 Å². The van der Waals surface area contributed by atoms with Gasteiger partial charge >= 0.3 is 6.18 Å². The molecule has 168 valence electrons. The van der Waals surface area contributed by atoms with Crippen LogP contribution >= 0.6 is 0 Å². The Kier molecular flexibility index (Phi) is 6.74. The Hall–Kier alpha value is -2.81. The van der Waals surface area contributed by atoms with Crippen LogP contribution in [0.15, 0.2) is 40.1 Å². The van der Waals surface area contributed by atoms with E-state index in [4.69, 9.17) is 5.73 Å². The number of amidine groups is 1. The van der Waals surface area contributed by atoms with Crippen LogP contribution in [-0.2, 0) is 19.8 Å². The molecule has 2 aromatic rings. The summed E-state index contributed by atoms with van der Waals surface area (Å²) in [4.78, 5) is 19.5. The quantitative estimate of drug-likeness (QED) is 0.559. The fourth-order valence-electron chi connectivity index (χ4n) is 4.08. The van der Waals surface area contributed by atoms with Crippen LogP contribution in [-0.4, -0.2) is 42.5 Å². The van der Waals surface area contributed by atoms with E-state index in [0.717, 1.165) is 38.1 Å². The highest BCUT2D eigenvalue weighted by Gasteiger charge is 2.30. The fraction of sp³-hybridized carbons (Fsp3) is 0.455. The second-order valence-corrected chi connectivity index (χ2v) is 7.98. The lowest BCUT2D eigenvalue weighted by molar-refractivity contribution is -0.137. The van der Waals surface area contributed by atoms with Gasteiger partial charge in [0.15, 0.2) is 0 Å². The van der Waals surface area contributed by atoms with Gasteiger partial charge in [-0.05, 0) is 50.2 Å². The summed E-state index contributed by atoms with van der Waals surface area (Å²) in [7, 11) is 5.39. The molecular weight excluding hydrogens is 407 g/mol. The number of halogens is 3. The zero-order valence-corrected chi connectivity index (χ0v) is 18.0. The molecule has 1 aliphatic heterocycles. The number of pyridine rings is 1. The smallest absolute Gasteiger partial charge is 0.383 e. The number of likely N-dealkylation sites (N-methyl/N-ethyl adjacent to an activating group) is 1. The molecule has 0 bridgehead atoms. The highest BCUT2D eigenvalue weighted by molar-refractivity contribution is 6.01. The topological polar surface area (TPSA) is 75.7 Å². The van der Waals surface area contributed by atoms with Crippen LogP contribution in [0, 0.1) is 0 Å². The molecular formula is C22H28F3N5O. The number of aliphatic imine (C=N–C) groups is 1. The molecule has 1 aromatic carbocycles. The second kappa shape index (κ2) is 9.13. The normalized spacial score (nSPS) is 18.3. The molecule has 0 aliphatic carbocycles. The van der Waals surface area contributed by atoms with E-state index in [1.54, 1.807) is 26.2 Å². The van der Waals surface area contributed by atoms with Gasteiger partial charge in [0.25, 0.3) is 5.56 Å². The third-order valence-corrected chi connectivity index (χ3v) is 5.71. The number of hydrogen-bond acceptors (Lipinski definition) is 4. The second-order valence-electron chi connectivity index (χ2n) is 7.98. The van der Waals surface area contributed by atoms with Gasteiger partial charge in [0.2, 0.25) is 0 Å². The zero-order valence-electron chi connectivity index (χ0n) is 18.0. The summed E-state index contributed by atoms with van der Waals surface area (Å²) in [5.41, 5.74) is 7.10.